The van der Waals surface area contributed by atoms with Crippen molar-refractivity contribution in [2.75, 3.05) is 0 Å². The summed E-state index contributed by atoms with van der Waals surface area (Å²) in [5.74, 6) is 0.782. The van der Waals surface area contributed by atoms with Gasteiger partial charge in [-0.25, -0.2) is 0 Å². The fraction of sp³-hybridized carbons (Fsp3) is 0.389. The summed E-state index contributed by atoms with van der Waals surface area (Å²) in [7, 11) is 0. The molecule has 0 saturated heterocycles. The second-order valence-electron chi connectivity index (χ2n) is 6.05. The minimum absolute atomic E-state index is 0.338. The van der Waals surface area contributed by atoms with Gasteiger partial charge in [0, 0.05) is 6.42 Å². The number of rotatable bonds is 4. The van der Waals surface area contributed by atoms with Crippen LogP contribution in [-0.4, -0.2) is 5.24 Å². The van der Waals surface area contributed by atoms with Crippen LogP contribution in [0.4, 0.5) is 0 Å². The van der Waals surface area contributed by atoms with E-state index in [2.05, 4.69) is 12.1 Å². The molecule has 3 rings (SSSR count). The molecule has 0 bridgehead atoms. The highest BCUT2D eigenvalue weighted by Gasteiger charge is 2.35. The summed E-state index contributed by atoms with van der Waals surface area (Å²) in [6, 6.07) is 10.1. The standard InChI is InChI=1S/C18H19ClO2/c1-18(17(19)20,12-16-7-4-10-21-16)15-9-8-13-5-2-3-6-14(13)11-15/h4,7-11H,2-3,5-6,12H2,1H3. The van der Waals surface area contributed by atoms with E-state index in [4.69, 9.17) is 16.0 Å². The lowest BCUT2D eigenvalue weighted by Gasteiger charge is -2.27. The summed E-state index contributed by atoms with van der Waals surface area (Å²) in [4.78, 5) is 12.1. The maximum absolute atomic E-state index is 12.1. The lowest BCUT2D eigenvalue weighted by molar-refractivity contribution is -0.116. The van der Waals surface area contributed by atoms with Crippen LogP contribution in [0, 0.1) is 0 Å². The van der Waals surface area contributed by atoms with Crippen LogP contribution < -0.4 is 0 Å². The zero-order valence-electron chi connectivity index (χ0n) is 12.2. The normalized spacial score (nSPS) is 17.0. The van der Waals surface area contributed by atoms with Crippen LogP contribution in [0.2, 0.25) is 0 Å². The van der Waals surface area contributed by atoms with E-state index in [9.17, 15) is 4.79 Å². The molecule has 0 aliphatic heterocycles. The molecule has 2 aromatic rings. The number of furan rings is 1. The molecule has 1 aromatic heterocycles. The third-order valence-electron chi connectivity index (χ3n) is 4.53. The smallest absolute Gasteiger partial charge is 0.232 e. The van der Waals surface area contributed by atoms with Gasteiger partial charge in [-0.2, -0.15) is 0 Å². The van der Waals surface area contributed by atoms with Crippen molar-refractivity contribution in [3.8, 4) is 0 Å². The fourth-order valence-electron chi connectivity index (χ4n) is 3.12. The van der Waals surface area contributed by atoms with Crippen LogP contribution >= 0.6 is 11.6 Å². The number of hydrogen-bond acceptors (Lipinski definition) is 2. The Morgan fingerprint density at radius 2 is 2.00 bits per heavy atom. The van der Waals surface area contributed by atoms with Crippen molar-refractivity contribution >= 4 is 16.8 Å². The number of fused-ring (bicyclic) bond motifs is 1. The highest BCUT2D eigenvalue weighted by atomic mass is 35.5. The number of aryl methyl sites for hydroxylation is 2. The summed E-state index contributed by atoms with van der Waals surface area (Å²) in [6.45, 7) is 1.90. The number of carbonyl (C=O) groups excluding carboxylic acids is 1. The molecule has 0 N–H and O–H groups in total. The Balaban J connectivity index is 1.98. The SMILES string of the molecule is CC(Cc1ccco1)(C(=O)Cl)c1ccc2c(c1)CCCC2. The minimum atomic E-state index is -0.744. The zero-order valence-corrected chi connectivity index (χ0v) is 13.0. The molecule has 0 spiro atoms. The quantitative estimate of drug-likeness (QED) is 0.782. The first-order chi connectivity index (χ1) is 10.1. The maximum Gasteiger partial charge on any atom is 0.232 e. The van der Waals surface area contributed by atoms with Crippen LogP contribution in [0.15, 0.2) is 41.0 Å². The van der Waals surface area contributed by atoms with Gasteiger partial charge in [-0.3, -0.25) is 4.79 Å². The number of halogens is 1. The van der Waals surface area contributed by atoms with Gasteiger partial charge in [-0.1, -0.05) is 18.2 Å². The molecule has 2 nitrogen and oxygen atoms in total. The topological polar surface area (TPSA) is 30.2 Å². The van der Waals surface area contributed by atoms with Crippen molar-refractivity contribution in [1.29, 1.82) is 0 Å². The van der Waals surface area contributed by atoms with Crippen molar-refractivity contribution in [2.45, 2.75) is 44.4 Å². The second kappa shape index (κ2) is 5.69. The van der Waals surface area contributed by atoms with Crippen molar-refractivity contribution in [2.24, 2.45) is 0 Å². The van der Waals surface area contributed by atoms with Crippen molar-refractivity contribution < 1.29 is 9.21 Å². The van der Waals surface area contributed by atoms with Gasteiger partial charge in [0.05, 0.1) is 11.7 Å². The van der Waals surface area contributed by atoms with E-state index in [1.807, 2.05) is 25.1 Å². The Morgan fingerprint density at radius 3 is 2.67 bits per heavy atom. The molecule has 3 heteroatoms. The van der Waals surface area contributed by atoms with Crippen LogP contribution in [-0.2, 0) is 29.5 Å². The predicted molar refractivity (Wildman–Crippen MR) is 83.7 cm³/mol. The van der Waals surface area contributed by atoms with E-state index < -0.39 is 5.41 Å². The Morgan fingerprint density at radius 1 is 1.24 bits per heavy atom. The van der Waals surface area contributed by atoms with Gasteiger partial charge in [0.2, 0.25) is 5.24 Å². The van der Waals surface area contributed by atoms with E-state index in [0.717, 1.165) is 24.2 Å². The van der Waals surface area contributed by atoms with Gasteiger partial charge in [0.1, 0.15) is 5.76 Å². The highest BCUT2D eigenvalue weighted by molar-refractivity contribution is 6.65. The van der Waals surface area contributed by atoms with Crippen molar-refractivity contribution in [3.05, 3.63) is 59.0 Å². The summed E-state index contributed by atoms with van der Waals surface area (Å²) < 4.78 is 5.40. The van der Waals surface area contributed by atoms with Crippen LogP contribution in [0.25, 0.3) is 0 Å². The molecule has 1 aliphatic carbocycles. The van der Waals surface area contributed by atoms with Gasteiger partial charge in [-0.15, -0.1) is 0 Å². The molecular formula is C18H19ClO2. The van der Waals surface area contributed by atoms with Gasteiger partial charge < -0.3 is 4.42 Å². The van der Waals surface area contributed by atoms with E-state index >= 15 is 0 Å². The first kappa shape index (κ1) is 14.4. The van der Waals surface area contributed by atoms with Gasteiger partial charge in [0.25, 0.3) is 0 Å². The Hall–Kier alpha value is -1.54. The second-order valence-corrected chi connectivity index (χ2v) is 6.40. The Kier molecular flexibility index (Phi) is 3.90. The molecule has 0 amide bonds. The largest absolute Gasteiger partial charge is 0.469 e. The van der Waals surface area contributed by atoms with Gasteiger partial charge in [-0.05, 0) is 73.0 Å². The maximum atomic E-state index is 12.1. The molecule has 0 saturated carbocycles. The molecule has 1 aliphatic rings. The first-order valence-electron chi connectivity index (χ1n) is 7.44. The molecule has 1 atom stereocenters. The minimum Gasteiger partial charge on any atom is -0.469 e. The predicted octanol–water partition coefficient (Wildman–Crippen LogP) is 4.42. The molecular weight excluding hydrogens is 284 g/mol. The fourth-order valence-corrected chi connectivity index (χ4v) is 3.30. The Labute approximate surface area is 130 Å². The van der Waals surface area contributed by atoms with E-state index in [1.165, 1.54) is 24.0 Å². The molecule has 0 fully saturated rings. The number of carbonyl (C=O) groups is 1. The lowest BCUT2D eigenvalue weighted by atomic mass is 9.77. The first-order valence-corrected chi connectivity index (χ1v) is 7.82. The number of benzene rings is 1. The van der Waals surface area contributed by atoms with Crippen LogP contribution in [0.1, 0.15) is 42.2 Å². The summed E-state index contributed by atoms with van der Waals surface area (Å²) >= 11 is 5.94. The third-order valence-corrected chi connectivity index (χ3v) is 4.94. The molecule has 1 heterocycles. The van der Waals surface area contributed by atoms with E-state index in [-0.39, 0.29) is 5.24 Å². The van der Waals surface area contributed by atoms with Crippen LogP contribution in [0.3, 0.4) is 0 Å². The Bertz CT molecular complexity index is 645. The van der Waals surface area contributed by atoms with Crippen molar-refractivity contribution in [3.63, 3.8) is 0 Å². The summed E-state index contributed by atoms with van der Waals surface area (Å²) in [5, 5.41) is -0.338. The molecule has 0 radical (unpaired) electrons. The van der Waals surface area contributed by atoms with Crippen molar-refractivity contribution in [1.82, 2.24) is 0 Å². The lowest BCUT2D eigenvalue weighted by Crippen LogP contribution is -2.32. The summed E-state index contributed by atoms with van der Waals surface area (Å²) in [5.41, 5.74) is 3.01. The number of hydrogen-bond donors (Lipinski definition) is 0. The van der Waals surface area contributed by atoms with Gasteiger partial charge in [0.15, 0.2) is 0 Å². The molecule has 1 unspecified atom stereocenters. The highest BCUT2D eigenvalue weighted by Crippen LogP contribution is 2.34. The van der Waals surface area contributed by atoms with E-state index in [0.29, 0.717) is 6.42 Å². The van der Waals surface area contributed by atoms with E-state index in [1.54, 1.807) is 6.26 Å². The molecule has 21 heavy (non-hydrogen) atoms. The monoisotopic (exact) mass is 302 g/mol. The van der Waals surface area contributed by atoms with Gasteiger partial charge >= 0.3 is 0 Å². The summed E-state index contributed by atoms with van der Waals surface area (Å²) in [6.07, 6.45) is 6.82. The average molecular weight is 303 g/mol. The van der Waals surface area contributed by atoms with Crippen LogP contribution in [0.5, 0.6) is 0 Å². The zero-order chi connectivity index (χ0) is 14.9. The average Bonchev–Trinajstić information content (AvgIpc) is 2.99. The molecule has 110 valence electrons. The molecule has 1 aromatic carbocycles. The third kappa shape index (κ3) is 2.77.